The summed E-state index contributed by atoms with van der Waals surface area (Å²) in [4.78, 5) is 28.6. The maximum absolute atomic E-state index is 12.0. The molecule has 2 N–H and O–H groups in total. The van der Waals surface area contributed by atoms with Gasteiger partial charge in [0.2, 0.25) is 5.91 Å². The van der Waals surface area contributed by atoms with Gasteiger partial charge in [0.25, 0.3) is 0 Å². The number of hydrogen-bond acceptors (Lipinski definition) is 6. The third-order valence-electron chi connectivity index (χ3n) is 4.15. The van der Waals surface area contributed by atoms with Gasteiger partial charge in [0, 0.05) is 25.0 Å². The third-order valence-corrected chi connectivity index (χ3v) is 5.19. The summed E-state index contributed by atoms with van der Waals surface area (Å²) < 4.78 is 0. The highest BCUT2D eigenvalue weighted by molar-refractivity contribution is 7.99. The largest absolute Gasteiger partial charge is 0.351 e. The summed E-state index contributed by atoms with van der Waals surface area (Å²) in [5.74, 6) is 0.996. The van der Waals surface area contributed by atoms with Gasteiger partial charge in [-0.25, -0.2) is 9.97 Å². The van der Waals surface area contributed by atoms with E-state index in [1.54, 1.807) is 18.5 Å². The van der Waals surface area contributed by atoms with Crippen LogP contribution in [0, 0.1) is 0 Å². The molecule has 0 bridgehead atoms. The maximum atomic E-state index is 12.0. The zero-order chi connectivity index (χ0) is 18.4. The topological polar surface area (TPSA) is 75.5 Å². The molecule has 0 saturated carbocycles. The van der Waals surface area contributed by atoms with Gasteiger partial charge in [-0.15, -0.1) is 0 Å². The van der Waals surface area contributed by atoms with Crippen LogP contribution in [-0.2, 0) is 11.3 Å². The fraction of sp³-hybridized carbons (Fsp3) is 0.412. The van der Waals surface area contributed by atoms with Crippen molar-refractivity contribution in [1.29, 1.82) is 0 Å². The van der Waals surface area contributed by atoms with Crippen molar-refractivity contribution < 1.29 is 9.69 Å². The number of anilines is 1. The number of halogens is 1. The van der Waals surface area contributed by atoms with Crippen molar-refractivity contribution in [1.82, 2.24) is 20.3 Å². The third kappa shape index (κ3) is 5.55. The van der Waals surface area contributed by atoms with Crippen LogP contribution < -0.4 is 15.1 Å². The number of amides is 1. The van der Waals surface area contributed by atoms with Crippen molar-refractivity contribution in [2.24, 2.45) is 0 Å². The zero-order valence-corrected chi connectivity index (χ0v) is 16.2. The molecule has 0 unspecified atom stereocenters. The molecule has 0 atom stereocenters. The molecular weight excluding hydrogens is 372 g/mol. The number of thioether (sulfide) groups is 1. The van der Waals surface area contributed by atoms with Crippen molar-refractivity contribution in [3.63, 3.8) is 0 Å². The highest BCUT2D eigenvalue weighted by Crippen LogP contribution is 2.21. The molecule has 1 aliphatic rings. The first kappa shape index (κ1) is 18.9. The number of likely N-dealkylation sites (N-methyl/N-ethyl adjacent to an activating group) is 1. The molecule has 1 amide bonds. The molecule has 2 aromatic rings. The molecule has 0 spiro atoms. The van der Waals surface area contributed by atoms with Gasteiger partial charge in [0.15, 0.2) is 5.16 Å². The van der Waals surface area contributed by atoms with E-state index in [2.05, 4.69) is 32.2 Å². The summed E-state index contributed by atoms with van der Waals surface area (Å²) in [5.41, 5.74) is 0.962. The van der Waals surface area contributed by atoms with E-state index in [0.717, 1.165) is 37.6 Å². The predicted molar refractivity (Wildman–Crippen MR) is 103 cm³/mol. The first-order chi connectivity index (χ1) is 12.6. The summed E-state index contributed by atoms with van der Waals surface area (Å²) in [5, 5.41) is 3.79. The Balaban J connectivity index is 1.53. The van der Waals surface area contributed by atoms with Crippen LogP contribution in [0.3, 0.4) is 0 Å². The Bertz CT molecular complexity index is 739. The van der Waals surface area contributed by atoms with E-state index in [0.29, 0.717) is 16.9 Å². The minimum absolute atomic E-state index is 0.0767. The van der Waals surface area contributed by atoms with Crippen molar-refractivity contribution >= 4 is 35.1 Å². The second-order valence-corrected chi connectivity index (χ2v) is 7.53. The van der Waals surface area contributed by atoms with Gasteiger partial charge in [-0.2, -0.15) is 0 Å². The van der Waals surface area contributed by atoms with Crippen LogP contribution in [0.2, 0.25) is 5.15 Å². The van der Waals surface area contributed by atoms with Gasteiger partial charge in [-0.1, -0.05) is 29.4 Å². The number of quaternary nitrogens is 1. The van der Waals surface area contributed by atoms with Gasteiger partial charge in [-0.05, 0) is 11.6 Å². The molecule has 0 aliphatic carbocycles. The van der Waals surface area contributed by atoms with Gasteiger partial charge < -0.3 is 15.1 Å². The molecule has 26 heavy (non-hydrogen) atoms. The molecule has 9 heteroatoms. The maximum Gasteiger partial charge on any atom is 0.230 e. The highest BCUT2D eigenvalue weighted by atomic mass is 35.5. The minimum Gasteiger partial charge on any atom is -0.351 e. The molecule has 7 nitrogen and oxygen atoms in total. The van der Waals surface area contributed by atoms with E-state index in [4.69, 9.17) is 11.6 Å². The van der Waals surface area contributed by atoms with Crippen molar-refractivity contribution in [3.05, 3.63) is 41.3 Å². The monoisotopic (exact) mass is 393 g/mol. The fourth-order valence-electron chi connectivity index (χ4n) is 2.61. The number of piperazine rings is 1. The second kappa shape index (κ2) is 9.16. The second-order valence-electron chi connectivity index (χ2n) is 6.20. The molecule has 2 aromatic heterocycles. The molecule has 0 aromatic carbocycles. The van der Waals surface area contributed by atoms with Gasteiger partial charge >= 0.3 is 0 Å². The van der Waals surface area contributed by atoms with Crippen LogP contribution >= 0.6 is 23.4 Å². The molecule has 0 radical (unpaired) electrons. The number of carbonyl (C=O) groups is 1. The lowest BCUT2D eigenvalue weighted by Crippen LogP contribution is -3.12. The Morgan fingerprint density at radius 2 is 2.19 bits per heavy atom. The number of nitrogens with one attached hydrogen (secondary N) is 2. The lowest BCUT2D eigenvalue weighted by molar-refractivity contribution is -0.880. The standard InChI is InChI=1S/C17H21ClN6OS/c1-23-5-7-24(8-6-23)15-9-14(18)21-17(22-15)26-12-16(25)20-11-13-3-2-4-19-10-13/h2-4,9-10H,5-8,11-12H2,1H3,(H,20,25)/p+1. The van der Waals surface area contributed by atoms with Crippen LogP contribution in [0.15, 0.2) is 35.7 Å². The van der Waals surface area contributed by atoms with E-state index in [9.17, 15) is 4.79 Å². The van der Waals surface area contributed by atoms with Crippen molar-refractivity contribution in [2.75, 3.05) is 43.9 Å². The molecule has 138 valence electrons. The molecule has 1 aliphatic heterocycles. The Morgan fingerprint density at radius 3 is 2.92 bits per heavy atom. The van der Waals surface area contributed by atoms with E-state index >= 15 is 0 Å². The van der Waals surface area contributed by atoms with Crippen LogP contribution in [0.1, 0.15) is 5.56 Å². The summed E-state index contributed by atoms with van der Waals surface area (Å²) in [6, 6.07) is 5.55. The molecule has 3 heterocycles. The SMILES string of the molecule is C[NH+]1CCN(c2cc(Cl)nc(SCC(=O)NCc3cccnc3)n2)CC1. The number of aromatic nitrogens is 3. The summed E-state index contributed by atoms with van der Waals surface area (Å²) in [6.07, 6.45) is 3.44. The first-order valence-electron chi connectivity index (χ1n) is 8.49. The highest BCUT2D eigenvalue weighted by Gasteiger charge is 2.19. The fourth-order valence-corrected chi connectivity index (χ4v) is 3.52. The molecule has 1 saturated heterocycles. The lowest BCUT2D eigenvalue weighted by Gasteiger charge is -2.30. The van der Waals surface area contributed by atoms with Crippen LogP contribution in [-0.4, -0.2) is 59.8 Å². The van der Waals surface area contributed by atoms with Gasteiger partial charge in [-0.3, -0.25) is 9.78 Å². The van der Waals surface area contributed by atoms with E-state index in [1.165, 1.54) is 16.7 Å². The molecular formula is C17H22ClN6OS+. The van der Waals surface area contributed by atoms with E-state index in [-0.39, 0.29) is 11.7 Å². The quantitative estimate of drug-likeness (QED) is 0.417. The van der Waals surface area contributed by atoms with Crippen molar-refractivity contribution in [2.45, 2.75) is 11.7 Å². The average molecular weight is 394 g/mol. The van der Waals surface area contributed by atoms with Gasteiger partial charge in [0.05, 0.1) is 39.0 Å². The Labute approximate surface area is 162 Å². The normalized spacial score (nSPS) is 15.1. The summed E-state index contributed by atoms with van der Waals surface area (Å²) in [7, 11) is 2.19. The van der Waals surface area contributed by atoms with Crippen LogP contribution in [0.4, 0.5) is 5.82 Å². The Hall–Kier alpha value is -1.90. The van der Waals surface area contributed by atoms with Crippen LogP contribution in [0.25, 0.3) is 0 Å². The summed E-state index contributed by atoms with van der Waals surface area (Å²) >= 11 is 7.44. The number of rotatable bonds is 6. The Morgan fingerprint density at radius 1 is 1.38 bits per heavy atom. The number of carbonyl (C=O) groups excluding carboxylic acids is 1. The van der Waals surface area contributed by atoms with Gasteiger partial charge in [0.1, 0.15) is 11.0 Å². The predicted octanol–water partition coefficient (Wildman–Crippen LogP) is 0.268. The summed E-state index contributed by atoms with van der Waals surface area (Å²) in [6.45, 7) is 4.48. The zero-order valence-electron chi connectivity index (χ0n) is 14.6. The Kier molecular flexibility index (Phi) is 6.65. The number of hydrogen-bond donors (Lipinski definition) is 2. The number of pyridine rings is 1. The van der Waals surface area contributed by atoms with E-state index in [1.807, 2.05) is 12.1 Å². The van der Waals surface area contributed by atoms with Crippen molar-refractivity contribution in [3.8, 4) is 0 Å². The lowest BCUT2D eigenvalue weighted by atomic mass is 10.3. The van der Waals surface area contributed by atoms with E-state index < -0.39 is 0 Å². The van der Waals surface area contributed by atoms with Crippen LogP contribution in [0.5, 0.6) is 0 Å². The first-order valence-corrected chi connectivity index (χ1v) is 9.86. The smallest absolute Gasteiger partial charge is 0.230 e. The minimum atomic E-state index is -0.0767. The number of nitrogens with zero attached hydrogens (tertiary/aromatic N) is 4. The molecule has 1 fully saturated rings. The average Bonchev–Trinajstić information content (AvgIpc) is 2.66. The molecule has 3 rings (SSSR count).